The number of nitrogens with one attached hydrogen (secondary N) is 2. The van der Waals surface area contributed by atoms with Gasteiger partial charge in [-0.2, -0.15) is 0 Å². The summed E-state index contributed by atoms with van der Waals surface area (Å²) in [6, 6.07) is 6.03. The lowest BCUT2D eigenvalue weighted by atomic mass is 10.1. The van der Waals surface area contributed by atoms with Gasteiger partial charge in [-0.15, -0.1) is 10.2 Å². The van der Waals surface area contributed by atoms with Crippen molar-refractivity contribution in [3.63, 3.8) is 0 Å². The first-order valence-corrected chi connectivity index (χ1v) is 8.69. The molecule has 0 fully saturated rings. The van der Waals surface area contributed by atoms with Crippen molar-refractivity contribution in [1.29, 1.82) is 0 Å². The van der Waals surface area contributed by atoms with Crippen LogP contribution >= 0.6 is 11.3 Å². The molecule has 1 unspecified atom stereocenters. The number of hydrogen-bond acceptors (Lipinski definition) is 6. The number of urea groups is 1. The maximum absolute atomic E-state index is 12.4. The molecule has 0 aliphatic carbocycles. The second kappa shape index (κ2) is 6.98. The minimum Gasteiger partial charge on any atom is -0.317 e. The minimum atomic E-state index is -0.796. The highest BCUT2D eigenvalue weighted by molar-refractivity contribution is 7.15. The van der Waals surface area contributed by atoms with E-state index in [0.717, 1.165) is 22.7 Å². The van der Waals surface area contributed by atoms with Crippen molar-refractivity contribution >= 4 is 34.3 Å². The number of imide groups is 1. The van der Waals surface area contributed by atoms with E-state index in [9.17, 15) is 14.4 Å². The number of fused-ring (bicyclic) bond motifs is 1. The summed E-state index contributed by atoms with van der Waals surface area (Å²) in [5.41, 5.74) is 0.685. The van der Waals surface area contributed by atoms with E-state index >= 15 is 0 Å². The summed E-state index contributed by atoms with van der Waals surface area (Å²) in [6.45, 7) is 3.61. The summed E-state index contributed by atoms with van der Waals surface area (Å²) < 4.78 is 0. The first-order valence-electron chi connectivity index (χ1n) is 7.88. The van der Waals surface area contributed by atoms with Crippen molar-refractivity contribution in [3.05, 3.63) is 40.4 Å². The highest BCUT2D eigenvalue weighted by Gasteiger charge is 2.38. The Kier molecular flexibility index (Phi) is 4.75. The van der Waals surface area contributed by atoms with Crippen molar-refractivity contribution in [1.82, 2.24) is 20.4 Å². The third kappa shape index (κ3) is 3.36. The van der Waals surface area contributed by atoms with Crippen LogP contribution in [0.1, 0.15) is 46.0 Å². The fraction of sp³-hybridized carbons (Fsp3) is 0.312. The van der Waals surface area contributed by atoms with Crippen LogP contribution in [0.25, 0.3) is 0 Å². The molecular weight excluding hydrogens is 342 g/mol. The van der Waals surface area contributed by atoms with Crippen LogP contribution in [0.15, 0.2) is 24.3 Å². The zero-order valence-electron chi connectivity index (χ0n) is 13.8. The molecule has 4 amide bonds. The van der Waals surface area contributed by atoms with Crippen molar-refractivity contribution in [2.24, 2.45) is 0 Å². The van der Waals surface area contributed by atoms with Crippen LogP contribution in [0.3, 0.4) is 0 Å². The van der Waals surface area contributed by atoms with Gasteiger partial charge in [-0.3, -0.25) is 19.8 Å². The van der Waals surface area contributed by atoms with E-state index in [-0.39, 0.29) is 0 Å². The molecule has 1 aliphatic rings. The summed E-state index contributed by atoms with van der Waals surface area (Å²) in [6.07, 6.45) is 0.944. The van der Waals surface area contributed by atoms with E-state index in [1.54, 1.807) is 31.2 Å². The van der Waals surface area contributed by atoms with Crippen LogP contribution in [0.5, 0.6) is 0 Å². The van der Waals surface area contributed by atoms with Crippen LogP contribution in [-0.4, -0.2) is 39.1 Å². The summed E-state index contributed by atoms with van der Waals surface area (Å²) in [5.74, 6) is -0.843. The van der Waals surface area contributed by atoms with Crippen LogP contribution < -0.4 is 10.6 Å². The molecule has 130 valence electrons. The molecule has 0 saturated carbocycles. The summed E-state index contributed by atoms with van der Waals surface area (Å²) in [4.78, 5) is 37.9. The van der Waals surface area contributed by atoms with E-state index in [1.807, 2.05) is 6.92 Å². The van der Waals surface area contributed by atoms with E-state index in [4.69, 9.17) is 0 Å². The van der Waals surface area contributed by atoms with Crippen molar-refractivity contribution < 1.29 is 14.4 Å². The number of anilines is 1. The van der Waals surface area contributed by atoms with Crippen molar-refractivity contribution in [2.75, 3.05) is 5.32 Å². The lowest BCUT2D eigenvalue weighted by molar-refractivity contribution is 0.0581. The Morgan fingerprint density at radius 1 is 1.20 bits per heavy atom. The number of benzene rings is 1. The molecule has 2 N–H and O–H groups in total. The summed E-state index contributed by atoms with van der Waals surface area (Å²) in [5, 5.41) is 14.2. The third-order valence-electron chi connectivity index (χ3n) is 3.70. The van der Waals surface area contributed by atoms with Gasteiger partial charge in [0.2, 0.25) is 5.13 Å². The molecule has 3 rings (SSSR count). The van der Waals surface area contributed by atoms with Crippen molar-refractivity contribution in [2.45, 2.75) is 32.9 Å². The minimum absolute atomic E-state index is 0.342. The van der Waals surface area contributed by atoms with Gasteiger partial charge in [-0.1, -0.05) is 30.4 Å². The summed E-state index contributed by atoms with van der Waals surface area (Å²) >= 11 is 1.29. The van der Waals surface area contributed by atoms with Crippen LogP contribution in [-0.2, 0) is 6.42 Å². The molecule has 8 nitrogen and oxygen atoms in total. The standard InChI is InChI=1S/C16H17N5O3S/c1-3-6-12-19-20-16(25-12)18-15(24)17-9(2)21-13(22)10-7-4-5-8-11(10)14(21)23/h4-5,7-9H,3,6H2,1-2H3,(H2,17,18,20,24). The largest absolute Gasteiger partial charge is 0.322 e. The molecule has 2 aromatic rings. The van der Waals surface area contributed by atoms with Crippen LogP contribution in [0.2, 0.25) is 0 Å². The number of rotatable bonds is 5. The Morgan fingerprint density at radius 2 is 1.84 bits per heavy atom. The van der Waals surface area contributed by atoms with Gasteiger partial charge in [0.25, 0.3) is 11.8 Å². The smallest absolute Gasteiger partial charge is 0.317 e. The Bertz CT molecular complexity index is 800. The second-order valence-corrected chi connectivity index (χ2v) is 6.61. The van der Waals surface area contributed by atoms with Gasteiger partial charge < -0.3 is 5.32 Å². The average molecular weight is 359 g/mol. The van der Waals surface area contributed by atoms with E-state index in [1.165, 1.54) is 11.3 Å². The molecule has 9 heteroatoms. The predicted octanol–water partition coefficient (Wildman–Crippen LogP) is 2.25. The number of carbonyl (C=O) groups is 3. The van der Waals surface area contributed by atoms with E-state index in [0.29, 0.717) is 16.3 Å². The predicted molar refractivity (Wildman–Crippen MR) is 92.5 cm³/mol. The first-order chi connectivity index (χ1) is 12.0. The molecule has 1 atom stereocenters. The molecule has 25 heavy (non-hydrogen) atoms. The topological polar surface area (TPSA) is 104 Å². The Morgan fingerprint density at radius 3 is 2.44 bits per heavy atom. The molecular formula is C16H17N5O3S. The van der Waals surface area contributed by atoms with Crippen LogP contribution in [0.4, 0.5) is 9.93 Å². The molecule has 1 aliphatic heterocycles. The number of nitrogens with zero attached hydrogens (tertiary/aromatic N) is 3. The van der Waals surface area contributed by atoms with Crippen LogP contribution in [0, 0.1) is 0 Å². The molecule has 1 aromatic heterocycles. The molecule has 0 bridgehead atoms. The Balaban J connectivity index is 1.64. The maximum atomic E-state index is 12.4. The molecule has 1 aromatic carbocycles. The number of aryl methyl sites for hydroxylation is 1. The lowest BCUT2D eigenvalue weighted by Gasteiger charge is -2.23. The SMILES string of the molecule is CCCc1nnc(NC(=O)NC(C)N2C(=O)c3ccccc3C2=O)s1. The van der Waals surface area contributed by atoms with Gasteiger partial charge in [0.1, 0.15) is 11.2 Å². The fourth-order valence-corrected chi connectivity index (χ4v) is 3.40. The average Bonchev–Trinajstić information content (AvgIpc) is 3.11. The van der Waals surface area contributed by atoms with Gasteiger partial charge in [0, 0.05) is 6.42 Å². The summed E-state index contributed by atoms with van der Waals surface area (Å²) in [7, 11) is 0. The highest BCUT2D eigenvalue weighted by atomic mass is 32.1. The van der Waals surface area contributed by atoms with Gasteiger partial charge in [0.05, 0.1) is 11.1 Å². The lowest BCUT2D eigenvalue weighted by Crippen LogP contribution is -2.50. The van der Waals surface area contributed by atoms with E-state index < -0.39 is 24.0 Å². The van der Waals surface area contributed by atoms with Gasteiger partial charge >= 0.3 is 6.03 Å². The van der Waals surface area contributed by atoms with Crippen molar-refractivity contribution in [3.8, 4) is 0 Å². The zero-order valence-corrected chi connectivity index (χ0v) is 14.6. The monoisotopic (exact) mass is 359 g/mol. The zero-order chi connectivity index (χ0) is 18.0. The van der Waals surface area contributed by atoms with Gasteiger partial charge in [-0.05, 0) is 25.5 Å². The molecule has 0 radical (unpaired) electrons. The van der Waals surface area contributed by atoms with E-state index in [2.05, 4.69) is 20.8 Å². The third-order valence-corrected chi connectivity index (χ3v) is 4.60. The molecule has 0 saturated heterocycles. The normalized spacial score (nSPS) is 14.4. The second-order valence-electron chi connectivity index (χ2n) is 5.55. The quantitative estimate of drug-likeness (QED) is 0.797. The highest BCUT2D eigenvalue weighted by Crippen LogP contribution is 2.23. The van der Waals surface area contributed by atoms with Gasteiger partial charge in [0.15, 0.2) is 0 Å². The molecule has 0 spiro atoms. The number of aromatic nitrogens is 2. The fourth-order valence-electron chi connectivity index (χ4n) is 2.57. The maximum Gasteiger partial charge on any atom is 0.322 e. The number of amides is 4. The first kappa shape index (κ1) is 17.0. The molecule has 2 heterocycles. The van der Waals surface area contributed by atoms with Gasteiger partial charge in [-0.25, -0.2) is 4.79 Å². The number of carbonyl (C=O) groups excluding carboxylic acids is 3. The number of hydrogen-bond donors (Lipinski definition) is 2. The Hall–Kier alpha value is -2.81. The Labute approximate surface area is 148 Å².